The van der Waals surface area contributed by atoms with Crippen molar-refractivity contribution >= 4 is 5.91 Å². The Morgan fingerprint density at radius 1 is 1.58 bits per heavy atom. The summed E-state index contributed by atoms with van der Waals surface area (Å²) in [6.45, 7) is 2.11. The lowest BCUT2D eigenvalue weighted by Crippen LogP contribution is -2.36. The molecule has 1 aromatic rings. The lowest BCUT2D eigenvalue weighted by molar-refractivity contribution is -0.679. The molecule has 0 unspecified atom stereocenters. The fourth-order valence-corrected chi connectivity index (χ4v) is 0.957. The third-order valence-electron chi connectivity index (χ3n) is 1.68. The predicted molar refractivity (Wildman–Crippen MR) is 45.1 cm³/mol. The average molecular weight is 165 g/mol. The van der Waals surface area contributed by atoms with Crippen LogP contribution in [-0.4, -0.2) is 5.91 Å². The standard InChI is InChI=1S/C9H12N2O/c1-8(12)10-7-9-5-3-4-6-11(9)2/h3-6H,7H2,1-2H3/p+1. The number of amides is 1. The Kier molecular flexibility index (Phi) is 2.80. The summed E-state index contributed by atoms with van der Waals surface area (Å²) in [5.74, 6) is -0.00106. The van der Waals surface area contributed by atoms with Gasteiger partial charge in [-0.05, 0) is 0 Å². The number of rotatable bonds is 2. The molecule has 0 aliphatic carbocycles. The number of aryl methyl sites for hydroxylation is 1. The molecule has 0 aliphatic heterocycles. The third-order valence-corrected chi connectivity index (χ3v) is 1.68. The molecule has 0 aromatic carbocycles. The minimum absolute atomic E-state index is 0.00106. The summed E-state index contributed by atoms with van der Waals surface area (Å²) in [5.41, 5.74) is 1.09. The minimum Gasteiger partial charge on any atom is -0.346 e. The summed E-state index contributed by atoms with van der Waals surface area (Å²) in [7, 11) is 1.96. The Morgan fingerprint density at radius 2 is 2.33 bits per heavy atom. The Hall–Kier alpha value is -1.38. The smallest absolute Gasteiger partial charge is 0.217 e. The van der Waals surface area contributed by atoms with Crippen molar-refractivity contribution in [3.05, 3.63) is 30.1 Å². The van der Waals surface area contributed by atoms with Gasteiger partial charge in [-0.25, -0.2) is 4.57 Å². The number of aromatic nitrogens is 1. The zero-order valence-corrected chi connectivity index (χ0v) is 7.37. The fourth-order valence-electron chi connectivity index (χ4n) is 0.957. The molecule has 0 spiro atoms. The number of nitrogens with zero attached hydrogens (tertiary/aromatic N) is 1. The van der Waals surface area contributed by atoms with Crippen LogP contribution in [0.25, 0.3) is 0 Å². The van der Waals surface area contributed by atoms with Gasteiger partial charge in [0.1, 0.15) is 13.6 Å². The summed E-state index contributed by atoms with van der Waals surface area (Å²) in [5, 5.41) is 2.74. The largest absolute Gasteiger partial charge is 0.346 e. The van der Waals surface area contributed by atoms with Crippen molar-refractivity contribution in [2.45, 2.75) is 13.5 Å². The van der Waals surface area contributed by atoms with Gasteiger partial charge in [0.2, 0.25) is 5.91 Å². The van der Waals surface area contributed by atoms with Gasteiger partial charge in [0.05, 0.1) is 0 Å². The summed E-state index contributed by atoms with van der Waals surface area (Å²) in [6, 6.07) is 5.89. The number of carbonyl (C=O) groups is 1. The van der Waals surface area contributed by atoms with Crippen LogP contribution in [0.2, 0.25) is 0 Å². The zero-order valence-electron chi connectivity index (χ0n) is 7.37. The van der Waals surface area contributed by atoms with Crippen molar-refractivity contribution in [2.75, 3.05) is 0 Å². The average Bonchev–Trinajstić information content (AvgIpc) is 2.03. The van der Waals surface area contributed by atoms with E-state index >= 15 is 0 Å². The first-order valence-electron chi connectivity index (χ1n) is 3.88. The first-order valence-corrected chi connectivity index (χ1v) is 3.88. The van der Waals surface area contributed by atoms with Crippen molar-refractivity contribution in [1.82, 2.24) is 5.32 Å². The van der Waals surface area contributed by atoms with Gasteiger partial charge in [-0.15, -0.1) is 0 Å². The third kappa shape index (κ3) is 2.34. The van der Waals surface area contributed by atoms with Gasteiger partial charge in [-0.1, -0.05) is 6.07 Å². The minimum atomic E-state index is -0.00106. The molecule has 1 rings (SSSR count). The molecule has 0 fully saturated rings. The summed E-state index contributed by atoms with van der Waals surface area (Å²) >= 11 is 0. The van der Waals surface area contributed by atoms with E-state index in [0.717, 1.165) is 5.69 Å². The quantitative estimate of drug-likeness (QED) is 0.622. The number of nitrogens with one attached hydrogen (secondary N) is 1. The van der Waals surface area contributed by atoms with Crippen molar-refractivity contribution in [1.29, 1.82) is 0 Å². The van der Waals surface area contributed by atoms with Crippen LogP contribution in [0.3, 0.4) is 0 Å². The normalized spacial score (nSPS) is 9.50. The number of hydrogen-bond donors (Lipinski definition) is 1. The highest BCUT2D eigenvalue weighted by molar-refractivity contribution is 5.72. The molecule has 1 aromatic heterocycles. The van der Waals surface area contributed by atoms with E-state index in [4.69, 9.17) is 0 Å². The van der Waals surface area contributed by atoms with Crippen LogP contribution in [0.5, 0.6) is 0 Å². The monoisotopic (exact) mass is 165 g/mol. The molecule has 0 saturated carbocycles. The zero-order chi connectivity index (χ0) is 8.97. The van der Waals surface area contributed by atoms with Gasteiger partial charge in [0.15, 0.2) is 11.9 Å². The first kappa shape index (κ1) is 8.71. The Morgan fingerprint density at radius 3 is 2.92 bits per heavy atom. The highest BCUT2D eigenvalue weighted by Crippen LogP contribution is 1.88. The topological polar surface area (TPSA) is 33.0 Å². The van der Waals surface area contributed by atoms with E-state index in [-0.39, 0.29) is 5.91 Å². The Balaban J connectivity index is 2.63. The molecule has 1 amide bonds. The van der Waals surface area contributed by atoms with Crippen molar-refractivity contribution in [2.24, 2.45) is 7.05 Å². The van der Waals surface area contributed by atoms with Crippen LogP contribution in [0.1, 0.15) is 12.6 Å². The highest BCUT2D eigenvalue weighted by Gasteiger charge is 2.03. The molecule has 0 saturated heterocycles. The van der Waals surface area contributed by atoms with E-state index < -0.39 is 0 Å². The van der Waals surface area contributed by atoms with Crippen molar-refractivity contribution in [3.63, 3.8) is 0 Å². The van der Waals surface area contributed by atoms with Crippen LogP contribution >= 0.6 is 0 Å². The number of hydrogen-bond acceptors (Lipinski definition) is 1. The van der Waals surface area contributed by atoms with Crippen LogP contribution in [-0.2, 0) is 18.4 Å². The summed E-state index contributed by atoms with van der Waals surface area (Å²) in [6.07, 6.45) is 1.96. The number of pyridine rings is 1. The van der Waals surface area contributed by atoms with E-state index in [0.29, 0.717) is 6.54 Å². The molecule has 1 heterocycles. The summed E-state index contributed by atoms with van der Waals surface area (Å²) < 4.78 is 1.98. The first-order chi connectivity index (χ1) is 5.70. The second kappa shape index (κ2) is 3.85. The molecule has 0 radical (unpaired) electrons. The maximum atomic E-state index is 10.6. The second-order valence-corrected chi connectivity index (χ2v) is 2.71. The lowest BCUT2D eigenvalue weighted by Gasteiger charge is -1.99. The predicted octanol–water partition coefficient (Wildman–Crippen LogP) is 0.147. The van der Waals surface area contributed by atoms with Crippen LogP contribution < -0.4 is 9.88 Å². The maximum absolute atomic E-state index is 10.6. The molecule has 12 heavy (non-hydrogen) atoms. The molecule has 3 heteroatoms. The molecule has 64 valence electrons. The van der Waals surface area contributed by atoms with Gasteiger partial charge in [0, 0.05) is 19.1 Å². The van der Waals surface area contributed by atoms with Crippen molar-refractivity contribution < 1.29 is 9.36 Å². The van der Waals surface area contributed by atoms with Gasteiger partial charge in [-0.2, -0.15) is 0 Å². The number of carbonyl (C=O) groups excluding carboxylic acids is 1. The molecule has 0 atom stereocenters. The molecule has 0 bridgehead atoms. The molecular formula is C9H13N2O+. The van der Waals surface area contributed by atoms with Crippen LogP contribution in [0, 0.1) is 0 Å². The Bertz CT molecular complexity index is 284. The van der Waals surface area contributed by atoms with Crippen molar-refractivity contribution in [3.8, 4) is 0 Å². The van der Waals surface area contributed by atoms with Crippen LogP contribution in [0.4, 0.5) is 0 Å². The second-order valence-electron chi connectivity index (χ2n) is 2.71. The van der Waals surface area contributed by atoms with Gasteiger partial charge in [-0.3, -0.25) is 4.79 Å². The van der Waals surface area contributed by atoms with E-state index in [1.54, 1.807) is 0 Å². The molecule has 1 N–H and O–H groups in total. The molecule has 0 aliphatic rings. The van der Waals surface area contributed by atoms with Gasteiger partial charge < -0.3 is 5.32 Å². The summed E-state index contributed by atoms with van der Waals surface area (Å²) in [4.78, 5) is 10.6. The van der Waals surface area contributed by atoms with Crippen LogP contribution in [0.15, 0.2) is 24.4 Å². The van der Waals surface area contributed by atoms with Gasteiger partial charge in [0.25, 0.3) is 0 Å². The maximum Gasteiger partial charge on any atom is 0.217 e. The highest BCUT2D eigenvalue weighted by atomic mass is 16.1. The SMILES string of the molecule is CC(=O)NCc1cccc[n+]1C. The van der Waals surface area contributed by atoms with E-state index in [1.165, 1.54) is 6.92 Å². The Labute approximate surface area is 72.0 Å². The lowest BCUT2D eigenvalue weighted by atomic mass is 10.3. The fraction of sp³-hybridized carbons (Fsp3) is 0.333. The van der Waals surface area contributed by atoms with E-state index in [2.05, 4.69) is 5.32 Å². The van der Waals surface area contributed by atoms with Gasteiger partial charge >= 0.3 is 0 Å². The van der Waals surface area contributed by atoms with E-state index in [1.807, 2.05) is 36.0 Å². The molecular weight excluding hydrogens is 152 g/mol. The van der Waals surface area contributed by atoms with E-state index in [9.17, 15) is 4.79 Å². The molecule has 3 nitrogen and oxygen atoms in total.